The topological polar surface area (TPSA) is 80.2 Å². The van der Waals surface area contributed by atoms with Crippen LogP contribution in [0.5, 0.6) is 17.2 Å². The minimum atomic E-state index is -0.719. The molecule has 0 radical (unpaired) electrons. The normalized spacial score (nSPS) is 11.8. The number of nitrogens with zero attached hydrogens (tertiary/aromatic N) is 1. The van der Waals surface area contributed by atoms with E-state index in [0.29, 0.717) is 12.4 Å². The molecule has 1 unspecified atom stereocenters. The number of carbonyl (C=O) groups is 1. The number of rotatable bonds is 8. The van der Waals surface area contributed by atoms with Crippen molar-refractivity contribution in [3.05, 3.63) is 90.0 Å². The van der Waals surface area contributed by atoms with Gasteiger partial charge >= 0.3 is 0 Å². The highest BCUT2D eigenvalue weighted by atomic mass is 16.5. The van der Waals surface area contributed by atoms with E-state index in [-0.39, 0.29) is 11.7 Å². The number of hydrogen-bond donors (Lipinski definition) is 2. The van der Waals surface area contributed by atoms with Gasteiger partial charge in [-0.1, -0.05) is 30.3 Å². The number of aromatic hydroxyl groups is 1. The van der Waals surface area contributed by atoms with Crippen LogP contribution in [0.15, 0.2) is 84.0 Å². The highest BCUT2D eigenvalue weighted by Crippen LogP contribution is 2.19. The summed E-state index contributed by atoms with van der Waals surface area (Å²) in [5, 5.41) is 13.1. The standard InChI is InChI=1S/C23H22N2O4/c1-17(23(27)25-24-15-18-7-9-20(26)10-8-18)29-22-13-11-21(12-14-22)28-16-19-5-3-2-4-6-19/h2-15,17,26H,16H2,1H3,(H,25,27)/b24-15+. The molecule has 0 fully saturated rings. The largest absolute Gasteiger partial charge is 0.508 e. The number of nitrogens with one attached hydrogen (secondary N) is 1. The Balaban J connectivity index is 1.46. The monoisotopic (exact) mass is 390 g/mol. The zero-order valence-corrected chi connectivity index (χ0v) is 16.0. The summed E-state index contributed by atoms with van der Waals surface area (Å²) in [5.41, 5.74) is 4.28. The summed E-state index contributed by atoms with van der Waals surface area (Å²) in [6.45, 7) is 2.13. The molecule has 0 spiro atoms. The highest BCUT2D eigenvalue weighted by molar-refractivity contribution is 5.84. The zero-order chi connectivity index (χ0) is 20.5. The van der Waals surface area contributed by atoms with Crippen LogP contribution in [0.3, 0.4) is 0 Å². The Bertz CT molecular complexity index is 939. The molecule has 6 nitrogen and oxygen atoms in total. The van der Waals surface area contributed by atoms with Crippen LogP contribution in [0.2, 0.25) is 0 Å². The highest BCUT2D eigenvalue weighted by Gasteiger charge is 2.13. The van der Waals surface area contributed by atoms with Crippen molar-refractivity contribution in [2.45, 2.75) is 19.6 Å². The Kier molecular flexibility index (Phi) is 6.84. The van der Waals surface area contributed by atoms with E-state index in [2.05, 4.69) is 10.5 Å². The lowest BCUT2D eigenvalue weighted by atomic mass is 10.2. The van der Waals surface area contributed by atoms with Crippen molar-refractivity contribution in [1.29, 1.82) is 0 Å². The van der Waals surface area contributed by atoms with E-state index < -0.39 is 6.10 Å². The molecule has 148 valence electrons. The molecule has 0 aromatic heterocycles. The Labute approximate surface area is 169 Å². The van der Waals surface area contributed by atoms with Crippen LogP contribution in [-0.2, 0) is 11.4 Å². The van der Waals surface area contributed by atoms with Crippen LogP contribution in [0, 0.1) is 0 Å². The number of hydrogen-bond acceptors (Lipinski definition) is 5. The number of hydrazone groups is 1. The molecule has 0 aliphatic rings. The second-order valence-corrected chi connectivity index (χ2v) is 6.33. The van der Waals surface area contributed by atoms with Gasteiger partial charge in [-0.3, -0.25) is 4.79 Å². The van der Waals surface area contributed by atoms with Gasteiger partial charge in [0.25, 0.3) is 5.91 Å². The van der Waals surface area contributed by atoms with E-state index in [1.165, 1.54) is 6.21 Å². The Morgan fingerprint density at radius 1 is 1.00 bits per heavy atom. The third-order valence-electron chi connectivity index (χ3n) is 4.04. The lowest BCUT2D eigenvalue weighted by molar-refractivity contribution is -0.127. The third-order valence-corrected chi connectivity index (χ3v) is 4.04. The van der Waals surface area contributed by atoms with Gasteiger partial charge in [0.2, 0.25) is 0 Å². The average molecular weight is 390 g/mol. The first-order chi connectivity index (χ1) is 14.1. The first-order valence-electron chi connectivity index (χ1n) is 9.15. The lowest BCUT2D eigenvalue weighted by Crippen LogP contribution is -2.33. The summed E-state index contributed by atoms with van der Waals surface area (Å²) in [7, 11) is 0. The molecule has 0 saturated carbocycles. The lowest BCUT2D eigenvalue weighted by Gasteiger charge is -2.13. The van der Waals surface area contributed by atoms with Crippen LogP contribution in [0.4, 0.5) is 0 Å². The summed E-state index contributed by atoms with van der Waals surface area (Å²) in [6.07, 6.45) is 0.770. The van der Waals surface area contributed by atoms with Gasteiger partial charge in [0, 0.05) is 0 Å². The fraction of sp³-hybridized carbons (Fsp3) is 0.130. The van der Waals surface area contributed by atoms with Crippen LogP contribution < -0.4 is 14.9 Å². The number of amides is 1. The van der Waals surface area contributed by atoms with Crippen LogP contribution in [-0.4, -0.2) is 23.3 Å². The minimum Gasteiger partial charge on any atom is -0.508 e. The minimum absolute atomic E-state index is 0.171. The number of carbonyl (C=O) groups excluding carboxylic acids is 1. The summed E-state index contributed by atoms with van der Waals surface area (Å²) in [6, 6.07) is 23.5. The molecular formula is C23H22N2O4. The molecule has 1 amide bonds. The van der Waals surface area contributed by atoms with Gasteiger partial charge in [0.15, 0.2) is 6.10 Å². The number of ether oxygens (including phenoxy) is 2. The molecule has 0 bridgehead atoms. The van der Waals surface area contributed by atoms with E-state index in [1.807, 2.05) is 30.3 Å². The number of benzene rings is 3. The Hall–Kier alpha value is -3.80. The summed E-state index contributed by atoms with van der Waals surface area (Å²) < 4.78 is 11.4. The van der Waals surface area contributed by atoms with E-state index in [9.17, 15) is 9.90 Å². The first-order valence-corrected chi connectivity index (χ1v) is 9.15. The van der Waals surface area contributed by atoms with Crippen LogP contribution >= 0.6 is 0 Å². The van der Waals surface area contributed by atoms with Gasteiger partial charge < -0.3 is 14.6 Å². The first kappa shape index (κ1) is 19.9. The number of phenolic OH excluding ortho intramolecular Hbond substituents is 1. The molecule has 29 heavy (non-hydrogen) atoms. The van der Waals surface area contributed by atoms with Crippen molar-refractivity contribution >= 4 is 12.1 Å². The summed E-state index contributed by atoms with van der Waals surface area (Å²) in [5.74, 6) is 1.08. The second kappa shape index (κ2) is 9.94. The average Bonchev–Trinajstić information content (AvgIpc) is 2.75. The molecule has 0 aliphatic carbocycles. The third kappa shape index (κ3) is 6.39. The summed E-state index contributed by atoms with van der Waals surface area (Å²) >= 11 is 0. The zero-order valence-electron chi connectivity index (χ0n) is 16.0. The van der Waals surface area contributed by atoms with Gasteiger partial charge in [-0.15, -0.1) is 0 Å². The SMILES string of the molecule is CC(Oc1ccc(OCc2ccccc2)cc1)C(=O)N/N=C/c1ccc(O)cc1. The van der Waals surface area contributed by atoms with Crippen molar-refractivity contribution in [3.63, 3.8) is 0 Å². The van der Waals surface area contributed by atoms with E-state index >= 15 is 0 Å². The van der Waals surface area contributed by atoms with Crippen molar-refractivity contribution in [1.82, 2.24) is 5.43 Å². The quantitative estimate of drug-likeness (QED) is 0.452. The smallest absolute Gasteiger partial charge is 0.280 e. The molecule has 0 saturated heterocycles. The van der Waals surface area contributed by atoms with Gasteiger partial charge in [-0.25, -0.2) is 5.43 Å². The molecular weight excluding hydrogens is 368 g/mol. The molecule has 3 aromatic carbocycles. The van der Waals surface area contributed by atoms with E-state index in [0.717, 1.165) is 16.9 Å². The fourth-order valence-electron chi connectivity index (χ4n) is 2.43. The predicted molar refractivity (Wildman–Crippen MR) is 111 cm³/mol. The van der Waals surface area contributed by atoms with E-state index in [4.69, 9.17) is 9.47 Å². The molecule has 2 N–H and O–H groups in total. The van der Waals surface area contributed by atoms with Crippen LogP contribution in [0.1, 0.15) is 18.1 Å². The molecule has 6 heteroatoms. The molecule has 3 aromatic rings. The Morgan fingerprint density at radius 3 is 2.34 bits per heavy atom. The van der Waals surface area contributed by atoms with Crippen molar-refractivity contribution in [2.75, 3.05) is 0 Å². The van der Waals surface area contributed by atoms with Gasteiger partial charge in [-0.2, -0.15) is 5.10 Å². The maximum atomic E-state index is 12.1. The second-order valence-electron chi connectivity index (χ2n) is 6.33. The van der Waals surface area contributed by atoms with Crippen molar-refractivity contribution in [2.24, 2.45) is 5.10 Å². The summed E-state index contributed by atoms with van der Waals surface area (Å²) in [4.78, 5) is 12.1. The van der Waals surface area contributed by atoms with Crippen LogP contribution in [0.25, 0.3) is 0 Å². The maximum Gasteiger partial charge on any atom is 0.280 e. The molecule has 3 rings (SSSR count). The number of phenols is 1. The molecule has 0 aliphatic heterocycles. The predicted octanol–water partition coefficient (Wildman–Crippen LogP) is 3.89. The van der Waals surface area contributed by atoms with Crippen molar-refractivity contribution in [3.8, 4) is 17.2 Å². The van der Waals surface area contributed by atoms with Gasteiger partial charge in [0.1, 0.15) is 23.9 Å². The van der Waals surface area contributed by atoms with Gasteiger partial charge in [0.05, 0.1) is 6.21 Å². The maximum absolute atomic E-state index is 12.1. The molecule has 1 atom stereocenters. The van der Waals surface area contributed by atoms with E-state index in [1.54, 1.807) is 55.5 Å². The fourth-order valence-corrected chi connectivity index (χ4v) is 2.43. The van der Waals surface area contributed by atoms with Crippen molar-refractivity contribution < 1.29 is 19.4 Å². The molecule has 0 heterocycles. The Morgan fingerprint density at radius 2 is 1.66 bits per heavy atom. The van der Waals surface area contributed by atoms with Gasteiger partial charge in [-0.05, 0) is 66.6 Å².